The molecule has 116 valence electrons. The highest BCUT2D eigenvalue weighted by atomic mass is 35.5. The predicted molar refractivity (Wildman–Crippen MR) is 86.3 cm³/mol. The lowest BCUT2D eigenvalue weighted by Crippen LogP contribution is -2.23. The molecule has 0 aromatic heterocycles. The molecule has 4 nitrogen and oxygen atoms in total. The number of rotatable bonds is 6. The van der Waals surface area contributed by atoms with Gasteiger partial charge in [-0.15, -0.1) is 0 Å². The van der Waals surface area contributed by atoms with E-state index in [1.807, 2.05) is 19.1 Å². The van der Waals surface area contributed by atoms with Gasteiger partial charge in [-0.1, -0.05) is 29.3 Å². The topological polar surface area (TPSA) is 52.6 Å². The summed E-state index contributed by atoms with van der Waals surface area (Å²) in [5, 5.41) is 0.538. The van der Waals surface area contributed by atoms with Gasteiger partial charge in [0.25, 0.3) is 0 Å². The van der Waals surface area contributed by atoms with Gasteiger partial charge in [0, 0.05) is 10.6 Å². The van der Waals surface area contributed by atoms with E-state index >= 15 is 0 Å². The Hall–Kier alpha value is -1.69. The third-order valence-electron chi connectivity index (χ3n) is 2.91. The molecule has 0 fully saturated rings. The Morgan fingerprint density at radius 3 is 2.27 bits per heavy atom. The van der Waals surface area contributed by atoms with Crippen LogP contribution in [0.5, 0.6) is 5.75 Å². The maximum Gasteiger partial charge on any atom is 0.360 e. The first kappa shape index (κ1) is 16.7. The van der Waals surface area contributed by atoms with Crippen molar-refractivity contribution in [1.82, 2.24) is 0 Å². The smallest absolute Gasteiger partial charge is 0.360 e. The van der Waals surface area contributed by atoms with Gasteiger partial charge >= 0.3 is 11.4 Å². The van der Waals surface area contributed by atoms with E-state index in [0.717, 1.165) is 5.56 Å². The number of benzene rings is 2. The zero-order valence-corrected chi connectivity index (χ0v) is 13.7. The zero-order valence-electron chi connectivity index (χ0n) is 12.1. The second kappa shape index (κ2) is 7.54. The van der Waals surface area contributed by atoms with Crippen LogP contribution in [0, 0.1) is 6.92 Å². The van der Waals surface area contributed by atoms with Gasteiger partial charge in [0.1, 0.15) is 11.9 Å². The minimum atomic E-state index is -2.05. The van der Waals surface area contributed by atoms with E-state index < -0.39 is 17.5 Å². The maximum absolute atomic E-state index is 12.1. The van der Waals surface area contributed by atoms with Crippen LogP contribution in [-0.4, -0.2) is 16.1 Å². The van der Waals surface area contributed by atoms with Gasteiger partial charge in [-0.2, -0.15) is 4.21 Å². The quantitative estimate of drug-likeness (QED) is 0.750. The monoisotopic (exact) mass is 338 g/mol. The molecule has 0 bridgehead atoms. The van der Waals surface area contributed by atoms with Gasteiger partial charge in [0.05, 0.1) is 0 Å². The van der Waals surface area contributed by atoms with Crippen LogP contribution < -0.4 is 4.18 Å². The fourth-order valence-corrected chi connectivity index (χ4v) is 2.46. The summed E-state index contributed by atoms with van der Waals surface area (Å²) in [5.41, 5.74) is 1.49. The van der Waals surface area contributed by atoms with Crippen molar-refractivity contribution in [3.05, 3.63) is 64.7 Å². The molecule has 2 aromatic carbocycles. The van der Waals surface area contributed by atoms with Crippen molar-refractivity contribution in [2.45, 2.75) is 20.0 Å². The number of ketones is 1. The van der Waals surface area contributed by atoms with E-state index in [1.165, 1.54) is 6.92 Å². The summed E-state index contributed by atoms with van der Waals surface area (Å²) in [4.78, 5) is 12.1. The molecule has 0 spiro atoms. The number of carbonyl (C=O) groups is 1. The molecule has 0 heterocycles. The number of hydrogen-bond acceptors (Lipinski definition) is 4. The third-order valence-corrected chi connectivity index (χ3v) is 3.93. The summed E-state index contributed by atoms with van der Waals surface area (Å²) in [6.45, 7) is 3.46. The summed E-state index contributed by atoms with van der Waals surface area (Å²) >= 11 is 3.72. The minimum absolute atomic E-state index is 0.294. The number of carbonyl (C=O) groups excluding carboxylic acids is 1. The van der Waals surface area contributed by atoms with E-state index in [4.69, 9.17) is 20.0 Å². The van der Waals surface area contributed by atoms with E-state index in [0.29, 0.717) is 16.3 Å². The van der Waals surface area contributed by atoms with Gasteiger partial charge in [-0.05, 0) is 50.2 Å². The molecule has 2 unspecified atom stereocenters. The molecule has 0 saturated carbocycles. The molecular weight excluding hydrogens is 324 g/mol. The van der Waals surface area contributed by atoms with Crippen LogP contribution >= 0.6 is 11.6 Å². The molecule has 0 amide bonds. The predicted octanol–water partition coefficient (Wildman–Crippen LogP) is 3.89. The second-order valence-corrected chi connectivity index (χ2v) is 5.91. The second-order valence-electron chi connectivity index (χ2n) is 4.71. The highest BCUT2D eigenvalue weighted by molar-refractivity contribution is 7.75. The van der Waals surface area contributed by atoms with Crippen molar-refractivity contribution in [3.63, 3.8) is 0 Å². The zero-order chi connectivity index (χ0) is 16.1. The van der Waals surface area contributed by atoms with Crippen LogP contribution in [-0.2, 0) is 15.5 Å². The van der Waals surface area contributed by atoms with Crippen LogP contribution in [0.3, 0.4) is 0 Å². The largest absolute Gasteiger partial charge is 0.380 e. The van der Waals surface area contributed by atoms with Crippen LogP contribution in [0.4, 0.5) is 0 Å². The molecule has 22 heavy (non-hydrogen) atoms. The molecular formula is C16H15ClO4S. The van der Waals surface area contributed by atoms with Gasteiger partial charge in [-0.25, -0.2) is 4.18 Å². The molecule has 0 aliphatic carbocycles. The SMILES string of the molecule is Cc1ccc(OS(=O)OC(C)C(=O)c2ccc(Cl)cc2)cc1. The lowest BCUT2D eigenvalue weighted by atomic mass is 10.1. The highest BCUT2D eigenvalue weighted by Crippen LogP contribution is 2.16. The Balaban J connectivity index is 1.94. The van der Waals surface area contributed by atoms with Crippen molar-refractivity contribution >= 4 is 28.7 Å². The Labute approximate surface area is 136 Å². The molecule has 0 N–H and O–H groups in total. The van der Waals surface area contributed by atoms with Crippen molar-refractivity contribution < 1.29 is 17.4 Å². The number of aryl methyl sites for hydroxylation is 1. The molecule has 2 atom stereocenters. The molecule has 0 saturated heterocycles. The molecule has 0 aliphatic heterocycles. The molecule has 2 rings (SSSR count). The Morgan fingerprint density at radius 2 is 1.68 bits per heavy atom. The Kier molecular flexibility index (Phi) is 5.71. The van der Waals surface area contributed by atoms with Gasteiger partial charge in [0.15, 0.2) is 5.78 Å². The first-order chi connectivity index (χ1) is 10.5. The van der Waals surface area contributed by atoms with E-state index in [1.54, 1.807) is 36.4 Å². The lowest BCUT2D eigenvalue weighted by Gasteiger charge is -2.11. The van der Waals surface area contributed by atoms with Crippen molar-refractivity contribution in [3.8, 4) is 5.75 Å². The summed E-state index contributed by atoms with van der Waals surface area (Å²) in [7, 11) is 0. The van der Waals surface area contributed by atoms with Crippen LogP contribution in [0.15, 0.2) is 48.5 Å². The normalized spacial score (nSPS) is 13.4. The Bertz CT molecular complexity index is 668. The van der Waals surface area contributed by atoms with Gasteiger partial charge < -0.3 is 4.18 Å². The van der Waals surface area contributed by atoms with Crippen LogP contribution in [0.25, 0.3) is 0 Å². The molecule has 6 heteroatoms. The van der Waals surface area contributed by atoms with Crippen molar-refractivity contribution in [1.29, 1.82) is 0 Å². The fraction of sp³-hybridized carbons (Fsp3) is 0.188. The number of halogens is 1. The average molecular weight is 339 g/mol. The summed E-state index contributed by atoms with van der Waals surface area (Å²) in [5.74, 6) is 0.118. The summed E-state index contributed by atoms with van der Waals surface area (Å²) < 4.78 is 22.0. The molecule has 2 aromatic rings. The van der Waals surface area contributed by atoms with E-state index in [2.05, 4.69) is 0 Å². The highest BCUT2D eigenvalue weighted by Gasteiger charge is 2.20. The lowest BCUT2D eigenvalue weighted by molar-refractivity contribution is 0.0824. The third kappa shape index (κ3) is 4.66. The van der Waals surface area contributed by atoms with E-state index in [9.17, 15) is 9.00 Å². The van der Waals surface area contributed by atoms with E-state index in [-0.39, 0.29) is 5.78 Å². The summed E-state index contributed by atoms with van der Waals surface area (Å²) in [6.07, 6.45) is -0.896. The van der Waals surface area contributed by atoms with Crippen molar-refractivity contribution in [2.75, 3.05) is 0 Å². The fourth-order valence-electron chi connectivity index (χ4n) is 1.70. The van der Waals surface area contributed by atoms with Crippen molar-refractivity contribution in [2.24, 2.45) is 0 Å². The average Bonchev–Trinajstić information content (AvgIpc) is 2.49. The van der Waals surface area contributed by atoms with Gasteiger partial charge in [0.2, 0.25) is 0 Å². The summed E-state index contributed by atoms with van der Waals surface area (Å²) in [6, 6.07) is 13.4. The van der Waals surface area contributed by atoms with Crippen LogP contribution in [0.2, 0.25) is 5.02 Å². The first-order valence-corrected chi connectivity index (χ1v) is 7.97. The molecule has 0 radical (unpaired) electrons. The molecule has 0 aliphatic rings. The van der Waals surface area contributed by atoms with Gasteiger partial charge in [-0.3, -0.25) is 4.79 Å². The minimum Gasteiger partial charge on any atom is -0.380 e. The Morgan fingerprint density at radius 1 is 1.09 bits per heavy atom. The standard InChI is InChI=1S/C16H15ClO4S/c1-11-3-9-15(10-4-11)21-22(19)20-12(2)16(18)13-5-7-14(17)8-6-13/h3-10,12H,1-2H3. The number of Topliss-reactive ketones (excluding diaryl/α,β-unsaturated/α-hetero) is 1. The van der Waals surface area contributed by atoms with Crippen LogP contribution in [0.1, 0.15) is 22.8 Å². The first-order valence-electron chi connectivity index (χ1n) is 6.59. The maximum atomic E-state index is 12.1. The number of hydrogen-bond donors (Lipinski definition) is 0.